The molecule has 0 aliphatic rings. The van der Waals surface area contributed by atoms with Gasteiger partial charge < -0.3 is 8.83 Å². The maximum Gasteiger partial charge on any atom is 0.519 e. The van der Waals surface area contributed by atoms with E-state index in [1.807, 2.05) is 13.8 Å². The Hall–Kier alpha value is -0.990. The van der Waals surface area contributed by atoms with Crippen LogP contribution in [0.25, 0.3) is 0 Å². The van der Waals surface area contributed by atoms with Crippen LogP contribution in [0.2, 0.25) is 0 Å². The molecule has 0 fully saturated rings. The maximum absolute atomic E-state index is 10.9. The first kappa shape index (κ1) is 11.1. The smallest absolute Gasteiger partial charge is 0.396 e. The summed E-state index contributed by atoms with van der Waals surface area (Å²) >= 11 is 0. The highest BCUT2D eigenvalue weighted by atomic mass is 16.6. The van der Waals surface area contributed by atoms with E-state index in [4.69, 9.17) is 8.83 Å². The zero-order chi connectivity index (χ0) is 10.6. The Morgan fingerprint density at radius 3 is 2.50 bits per heavy atom. The molecule has 0 amide bonds. The molecule has 1 aromatic rings. The Morgan fingerprint density at radius 1 is 1.21 bits per heavy atom. The second kappa shape index (κ2) is 5.03. The molecule has 0 aliphatic heterocycles. The minimum atomic E-state index is -0.569. The Kier molecular flexibility index (Phi) is 3.98. The molecule has 3 heteroatoms. The number of unbranched alkanes of at least 4 members (excludes halogenated alkanes) is 2. The standard InChI is InChI=1S/C11H18O3/c1-4-5-6-7-9-10(8(2)3)14-11(12)13-9/h8H,4-7H2,1-3H3. The van der Waals surface area contributed by atoms with Crippen molar-refractivity contribution in [2.45, 2.75) is 52.4 Å². The van der Waals surface area contributed by atoms with E-state index in [2.05, 4.69) is 6.92 Å². The van der Waals surface area contributed by atoms with Crippen LogP contribution in [0.1, 0.15) is 57.5 Å². The molecule has 0 radical (unpaired) electrons. The monoisotopic (exact) mass is 198 g/mol. The average Bonchev–Trinajstić information content (AvgIpc) is 2.47. The van der Waals surface area contributed by atoms with E-state index in [1.165, 1.54) is 6.42 Å². The van der Waals surface area contributed by atoms with Gasteiger partial charge in [0, 0.05) is 12.3 Å². The molecule has 0 unspecified atom stereocenters. The average molecular weight is 198 g/mol. The van der Waals surface area contributed by atoms with Crippen LogP contribution in [0.3, 0.4) is 0 Å². The fraction of sp³-hybridized carbons (Fsp3) is 0.727. The van der Waals surface area contributed by atoms with Gasteiger partial charge in [0.25, 0.3) is 0 Å². The van der Waals surface area contributed by atoms with Crippen molar-refractivity contribution in [3.8, 4) is 0 Å². The van der Waals surface area contributed by atoms with Gasteiger partial charge in [0.2, 0.25) is 0 Å². The number of hydrogen-bond acceptors (Lipinski definition) is 3. The molecule has 0 saturated heterocycles. The predicted octanol–water partition coefficient (Wildman–Crippen LogP) is 3.09. The van der Waals surface area contributed by atoms with Crippen molar-refractivity contribution in [2.24, 2.45) is 0 Å². The van der Waals surface area contributed by atoms with E-state index >= 15 is 0 Å². The highest BCUT2D eigenvalue weighted by Gasteiger charge is 2.15. The van der Waals surface area contributed by atoms with Crippen LogP contribution in [0.4, 0.5) is 0 Å². The third-order valence-corrected chi connectivity index (χ3v) is 2.21. The molecule has 80 valence electrons. The van der Waals surface area contributed by atoms with Crippen LogP contribution in [0.15, 0.2) is 13.6 Å². The summed E-state index contributed by atoms with van der Waals surface area (Å²) in [6.45, 7) is 6.14. The lowest BCUT2D eigenvalue weighted by atomic mass is 10.1. The van der Waals surface area contributed by atoms with Gasteiger partial charge in [-0.1, -0.05) is 33.6 Å². The summed E-state index contributed by atoms with van der Waals surface area (Å²) in [4.78, 5) is 10.9. The molecule has 0 spiro atoms. The lowest BCUT2D eigenvalue weighted by molar-refractivity contribution is 0.361. The van der Waals surface area contributed by atoms with Crippen LogP contribution in [0.5, 0.6) is 0 Å². The SMILES string of the molecule is CCCCCc1oc(=O)oc1C(C)C. The van der Waals surface area contributed by atoms with E-state index in [0.29, 0.717) is 5.76 Å². The molecule has 1 heterocycles. The molecule has 1 rings (SSSR count). The molecular formula is C11H18O3. The first-order chi connectivity index (χ1) is 6.65. The Balaban J connectivity index is 2.69. The van der Waals surface area contributed by atoms with E-state index in [1.54, 1.807) is 0 Å². The van der Waals surface area contributed by atoms with Gasteiger partial charge in [-0.25, -0.2) is 4.79 Å². The molecule has 3 nitrogen and oxygen atoms in total. The zero-order valence-electron chi connectivity index (χ0n) is 9.13. The molecule has 0 aliphatic carbocycles. The topological polar surface area (TPSA) is 43.4 Å². The molecular weight excluding hydrogens is 180 g/mol. The van der Waals surface area contributed by atoms with Gasteiger partial charge in [0.1, 0.15) is 5.76 Å². The van der Waals surface area contributed by atoms with Crippen molar-refractivity contribution in [1.29, 1.82) is 0 Å². The summed E-state index contributed by atoms with van der Waals surface area (Å²) in [6, 6.07) is 0. The molecule has 0 saturated carbocycles. The third-order valence-electron chi connectivity index (χ3n) is 2.21. The second-order valence-electron chi connectivity index (χ2n) is 3.85. The summed E-state index contributed by atoms with van der Waals surface area (Å²) in [7, 11) is 0. The number of rotatable bonds is 5. The summed E-state index contributed by atoms with van der Waals surface area (Å²) in [6.07, 6.45) is 4.19. The number of aryl methyl sites for hydroxylation is 1. The van der Waals surface area contributed by atoms with Gasteiger partial charge in [0.05, 0.1) is 0 Å². The lowest BCUT2D eigenvalue weighted by Gasteiger charge is -2.01. The van der Waals surface area contributed by atoms with Crippen molar-refractivity contribution in [3.63, 3.8) is 0 Å². The Bertz CT molecular complexity index is 320. The second-order valence-corrected chi connectivity index (χ2v) is 3.85. The van der Waals surface area contributed by atoms with E-state index < -0.39 is 5.82 Å². The summed E-state index contributed by atoms with van der Waals surface area (Å²) in [5.41, 5.74) is 0. The first-order valence-electron chi connectivity index (χ1n) is 5.27. The molecule has 0 bridgehead atoms. The summed E-state index contributed by atoms with van der Waals surface area (Å²) < 4.78 is 9.98. The van der Waals surface area contributed by atoms with Crippen LogP contribution in [-0.4, -0.2) is 0 Å². The van der Waals surface area contributed by atoms with Crippen LogP contribution in [-0.2, 0) is 6.42 Å². The predicted molar refractivity (Wildman–Crippen MR) is 54.6 cm³/mol. The van der Waals surface area contributed by atoms with Crippen molar-refractivity contribution in [3.05, 3.63) is 22.1 Å². The normalized spacial score (nSPS) is 11.1. The Labute approximate surface area is 84.1 Å². The first-order valence-corrected chi connectivity index (χ1v) is 5.27. The highest BCUT2D eigenvalue weighted by Crippen LogP contribution is 2.19. The molecule has 0 N–H and O–H groups in total. The van der Waals surface area contributed by atoms with Gasteiger partial charge in [-0.05, 0) is 6.42 Å². The van der Waals surface area contributed by atoms with Crippen molar-refractivity contribution in [2.75, 3.05) is 0 Å². The minimum Gasteiger partial charge on any atom is -0.396 e. The van der Waals surface area contributed by atoms with Gasteiger partial charge in [0.15, 0.2) is 5.76 Å². The Morgan fingerprint density at radius 2 is 1.93 bits per heavy atom. The number of hydrogen-bond donors (Lipinski definition) is 0. The van der Waals surface area contributed by atoms with E-state index in [-0.39, 0.29) is 5.92 Å². The lowest BCUT2D eigenvalue weighted by Crippen LogP contribution is -1.91. The molecule has 0 aromatic carbocycles. The minimum absolute atomic E-state index is 0.220. The third kappa shape index (κ3) is 2.76. The molecule has 14 heavy (non-hydrogen) atoms. The van der Waals surface area contributed by atoms with Gasteiger partial charge in [-0.2, -0.15) is 0 Å². The van der Waals surface area contributed by atoms with Crippen LogP contribution < -0.4 is 5.82 Å². The van der Waals surface area contributed by atoms with E-state index in [0.717, 1.165) is 25.0 Å². The van der Waals surface area contributed by atoms with Crippen molar-refractivity contribution >= 4 is 0 Å². The fourth-order valence-corrected chi connectivity index (χ4v) is 1.47. The summed E-state index contributed by atoms with van der Waals surface area (Å²) in [5.74, 6) is 1.10. The highest BCUT2D eigenvalue weighted by molar-refractivity contribution is 5.07. The maximum atomic E-state index is 10.9. The van der Waals surface area contributed by atoms with Gasteiger partial charge in [-0.3, -0.25) is 0 Å². The largest absolute Gasteiger partial charge is 0.519 e. The van der Waals surface area contributed by atoms with Crippen molar-refractivity contribution in [1.82, 2.24) is 0 Å². The van der Waals surface area contributed by atoms with Gasteiger partial charge >= 0.3 is 5.82 Å². The fourth-order valence-electron chi connectivity index (χ4n) is 1.47. The van der Waals surface area contributed by atoms with E-state index in [9.17, 15) is 4.79 Å². The quantitative estimate of drug-likeness (QED) is 0.683. The van der Waals surface area contributed by atoms with Gasteiger partial charge in [-0.15, -0.1) is 0 Å². The zero-order valence-corrected chi connectivity index (χ0v) is 9.13. The van der Waals surface area contributed by atoms with Crippen LogP contribution >= 0.6 is 0 Å². The van der Waals surface area contributed by atoms with Crippen LogP contribution in [0, 0.1) is 0 Å². The molecule has 0 atom stereocenters. The molecule has 1 aromatic heterocycles. The van der Waals surface area contributed by atoms with Crippen molar-refractivity contribution < 1.29 is 8.83 Å². The summed E-state index contributed by atoms with van der Waals surface area (Å²) in [5, 5.41) is 0.